The van der Waals surface area contributed by atoms with Crippen LogP contribution in [0.2, 0.25) is 0 Å². The lowest BCUT2D eigenvalue weighted by Crippen LogP contribution is -2.40. The summed E-state index contributed by atoms with van der Waals surface area (Å²) in [5, 5.41) is 0. The molecule has 1 fully saturated rings. The van der Waals surface area contributed by atoms with E-state index in [1.54, 1.807) is 0 Å². The van der Waals surface area contributed by atoms with E-state index in [1.165, 1.54) is 64.7 Å². The predicted octanol–water partition coefficient (Wildman–Crippen LogP) is 1.92. The lowest BCUT2D eigenvalue weighted by Gasteiger charge is -2.30. The Morgan fingerprint density at radius 2 is 1.88 bits per heavy atom. The van der Waals surface area contributed by atoms with Crippen molar-refractivity contribution in [2.75, 3.05) is 39.8 Å². The zero-order chi connectivity index (χ0) is 12.5. The molecule has 0 bridgehead atoms. The fourth-order valence-electron chi connectivity index (χ4n) is 2.79. The van der Waals surface area contributed by atoms with Gasteiger partial charge in [0, 0.05) is 12.6 Å². The van der Waals surface area contributed by atoms with Gasteiger partial charge < -0.3 is 10.6 Å². The van der Waals surface area contributed by atoms with Crippen LogP contribution in [0, 0.1) is 0 Å². The summed E-state index contributed by atoms with van der Waals surface area (Å²) in [7, 11) is 2.26. The van der Waals surface area contributed by atoms with E-state index in [0.717, 1.165) is 12.6 Å². The van der Waals surface area contributed by atoms with Crippen molar-refractivity contribution in [1.29, 1.82) is 0 Å². The molecular formula is C14H31N3. The summed E-state index contributed by atoms with van der Waals surface area (Å²) in [6, 6.07) is 0.775. The first-order valence-electron chi connectivity index (χ1n) is 7.40. The molecule has 3 nitrogen and oxygen atoms in total. The van der Waals surface area contributed by atoms with Crippen LogP contribution in [0.1, 0.15) is 45.4 Å². The van der Waals surface area contributed by atoms with E-state index < -0.39 is 0 Å². The number of unbranched alkanes of at least 4 members (excludes halogenated alkanes) is 3. The molecule has 1 unspecified atom stereocenters. The van der Waals surface area contributed by atoms with Crippen LogP contribution in [0.3, 0.4) is 0 Å². The summed E-state index contributed by atoms with van der Waals surface area (Å²) >= 11 is 0. The summed E-state index contributed by atoms with van der Waals surface area (Å²) in [6.45, 7) is 8.27. The predicted molar refractivity (Wildman–Crippen MR) is 75.3 cm³/mol. The van der Waals surface area contributed by atoms with E-state index in [2.05, 4.69) is 23.8 Å². The summed E-state index contributed by atoms with van der Waals surface area (Å²) in [5.74, 6) is 0. The van der Waals surface area contributed by atoms with E-state index >= 15 is 0 Å². The van der Waals surface area contributed by atoms with Crippen LogP contribution in [-0.4, -0.2) is 55.6 Å². The third kappa shape index (κ3) is 5.84. The number of likely N-dealkylation sites (N-methyl/N-ethyl adjacent to an activating group) is 1. The van der Waals surface area contributed by atoms with Crippen LogP contribution in [0.25, 0.3) is 0 Å². The zero-order valence-electron chi connectivity index (χ0n) is 11.8. The van der Waals surface area contributed by atoms with Crippen molar-refractivity contribution in [2.45, 2.75) is 51.5 Å². The topological polar surface area (TPSA) is 32.5 Å². The minimum Gasteiger partial charge on any atom is -0.330 e. The number of nitrogens with two attached hydrogens (primary N) is 1. The lowest BCUT2D eigenvalue weighted by atomic mass is 10.1. The van der Waals surface area contributed by atoms with Gasteiger partial charge in [0.05, 0.1) is 0 Å². The Bertz CT molecular complexity index is 184. The third-order valence-corrected chi connectivity index (χ3v) is 3.89. The van der Waals surface area contributed by atoms with Crippen molar-refractivity contribution in [2.24, 2.45) is 5.73 Å². The molecule has 2 N–H and O–H groups in total. The van der Waals surface area contributed by atoms with Gasteiger partial charge in [-0.2, -0.15) is 0 Å². The molecule has 1 aliphatic rings. The molecule has 1 saturated heterocycles. The molecule has 0 aliphatic carbocycles. The molecule has 3 heteroatoms. The maximum atomic E-state index is 5.52. The van der Waals surface area contributed by atoms with Gasteiger partial charge in [-0.15, -0.1) is 0 Å². The summed E-state index contributed by atoms with van der Waals surface area (Å²) < 4.78 is 0. The number of nitrogens with zero attached hydrogens (tertiary/aromatic N) is 2. The highest BCUT2D eigenvalue weighted by Gasteiger charge is 2.20. The van der Waals surface area contributed by atoms with Crippen molar-refractivity contribution in [3.8, 4) is 0 Å². The highest BCUT2D eigenvalue weighted by atomic mass is 15.2. The summed E-state index contributed by atoms with van der Waals surface area (Å²) in [5.41, 5.74) is 5.52. The quantitative estimate of drug-likeness (QED) is 0.691. The van der Waals surface area contributed by atoms with Crippen LogP contribution in [-0.2, 0) is 0 Å². The van der Waals surface area contributed by atoms with E-state index in [-0.39, 0.29) is 0 Å². The second-order valence-corrected chi connectivity index (χ2v) is 5.42. The first-order chi connectivity index (χ1) is 8.27. The molecule has 102 valence electrons. The zero-order valence-corrected chi connectivity index (χ0v) is 11.8. The van der Waals surface area contributed by atoms with Crippen molar-refractivity contribution in [3.63, 3.8) is 0 Å². The highest BCUT2D eigenvalue weighted by molar-refractivity contribution is 4.77. The Kier molecular flexibility index (Phi) is 7.82. The molecular weight excluding hydrogens is 210 g/mol. The Labute approximate surface area is 107 Å². The smallest absolute Gasteiger partial charge is 0.0220 e. The van der Waals surface area contributed by atoms with Gasteiger partial charge in [0.15, 0.2) is 0 Å². The average Bonchev–Trinajstić information content (AvgIpc) is 2.50. The second kappa shape index (κ2) is 8.90. The van der Waals surface area contributed by atoms with Crippen LogP contribution in [0.15, 0.2) is 0 Å². The standard InChI is InChI=1S/C14H31N3/c1-3-14-13-16(2)10-8-12-17(14)11-7-5-4-6-9-15/h14H,3-13,15H2,1-2H3. The average molecular weight is 241 g/mol. The van der Waals surface area contributed by atoms with Gasteiger partial charge in [0.2, 0.25) is 0 Å². The molecule has 17 heavy (non-hydrogen) atoms. The van der Waals surface area contributed by atoms with Crippen LogP contribution < -0.4 is 5.73 Å². The van der Waals surface area contributed by atoms with Crippen LogP contribution in [0.5, 0.6) is 0 Å². The first-order valence-corrected chi connectivity index (χ1v) is 7.40. The molecule has 1 atom stereocenters. The maximum Gasteiger partial charge on any atom is 0.0220 e. The van der Waals surface area contributed by atoms with E-state index in [9.17, 15) is 0 Å². The fraction of sp³-hybridized carbons (Fsp3) is 1.00. The molecule has 0 aromatic rings. The second-order valence-electron chi connectivity index (χ2n) is 5.42. The third-order valence-electron chi connectivity index (χ3n) is 3.89. The maximum absolute atomic E-state index is 5.52. The minimum absolute atomic E-state index is 0.775. The Hall–Kier alpha value is -0.120. The summed E-state index contributed by atoms with van der Waals surface area (Å²) in [4.78, 5) is 5.20. The molecule has 0 amide bonds. The highest BCUT2D eigenvalue weighted by Crippen LogP contribution is 2.13. The normalized spacial score (nSPS) is 23.8. The van der Waals surface area contributed by atoms with E-state index in [4.69, 9.17) is 5.73 Å². The summed E-state index contributed by atoms with van der Waals surface area (Å²) in [6.07, 6.45) is 7.81. The van der Waals surface area contributed by atoms with E-state index in [0.29, 0.717) is 0 Å². The van der Waals surface area contributed by atoms with Crippen molar-refractivity contribution in [3.05, 3.63) is 0 Å². The molecule has 0 aromatic carbocycles. The molecule has 1 heterocycles. The van der Waals surface area contributed by atoms with Crippen LogP contribution in [0.4, 0.5) is 0 Å². The first kappa shape index (κ1) is 14.9. The van der Waals surface area contributed by atoms with Gasteiger partial charge in [-0.1, -0.05) is 19.8 Å². The molecule has 0 spiro atoms. The molecule has 1 aliphatic heterocycles. The largest absolute Gasteiger partial charge is 0.330 e. The van der Waals surface area contributed by atoms with Gasteiger partial charge >= 0.3 is 0 Å². The minimum atomic E-state index is 0.775. The van der Waals surface area contributed by atoms with Gasteiger partial charge in [0.25, 0.3) is 0 Å². The monoisotopic (exact) mass is 241 g/mol. The van der Waals surface area contributed by atoms with E-state index in [1.807, 2.05) is 0 Å². The Morgan fingerprint density at radius 1 is 1.12 bits per heavy atom. The Balaban J connectivity index is 2.23. The molecule has 0 radical (unpaired) electrons. The van der Waals surface area contributed by atoms with Gasteiger partial charge in [-0.25, -0.2) is 0 Å². The van der Waals surface area contributed by atoms with Gasteiger partial charge in [-0.3, -0.25) is 4.90 Å². The number of hydrogen-bond acceptors (Lipinski definition) is 3. The number of rotatable bonds is 7. The van der Waals surface area contributed by atoms with Crippen molar-refractivity contribution >= 4 is 0 Å². The van der Waals surface area contributed by atoms with Gasteiger partial charge in [-0.05, 0) is 58.9 Å². The van der Waals surface area contributed by atoms with Gasteiger partial charge in [0.1, 0.15) is 0 Å². The molecule has 1 rings (SSSR count). The molecule has 0 saturated carbocycles. The van der Waals surface area contributed by atoms with Crippen LogP contribution >= 0.6 is 0 Å². The van der Waals surface area contributed by atoms with Crippen molar-refractivity contribution < 1.29 is 0 Å². The Morgan fingerprint density at radius 3 is 2.59 bits per heavy atom. The fourth-order valence-corrected chi connectivity index (χ4v) is 2.79. The molecule has 0 aromatic heterocycles. The van der Waals surface area contributed by atoms with Crippen molar-refractivity contribution in [1.82, 2.24) is 9.80 Å². The SMILES string of the molecule is CCC1CN(C)CCCN1CCCCCCN. The number of hydrogen-bond donors (Lipinski definition) is 1. The lowest BCUT2D eigenvalue weighted by molar-refractivity contribution is 0.180.